The van der Waals surface area contributed by atoms with Crippen LogP contribution in [0.2, 0.25) is 5.15 Å². The van der Waals surface area contributed by atoms with Crippen molar-refractivity contribution in [3.8, 4) is 0 Å². The van der Waals surface area contributed by atoms with Crippen LogP contribution < -0.4 is 16.4 Å². The summed E-state index contributed by atoms with van der Waals surface area (Å²) < 4.78 is 0. The summed E-state index contributed by atoms with van der Waals surface area (Å²) in [5.74, 6) is 0.781. The van der Waals surface area contributed by atoms with E-state index in [1.54, 1.807) is 6.07 Å². The number of hydrogen-bond donors (Lipinski definition) is 3. The first kappa shape index (κ1) is 14.6. The average Bonchev–Trinajstić information content (AvgIpc) is 2.45. The van der Waals surface area contributed by atoms with Crippen LogP contribution in [-0.2, 0) is 11.2 Å². The summed E-state index contributed by atoms with van der Waals surface area (Å²) in [6.07, 6.45) is 1.28. The molecule has 22 heavy (non-hydrogen) atoms. The van der Waals surface area contributed by atoms with Crippen molar-refractivity contribution in [2.45, 2.75) is 25.8 Å². The Morgan fingerprint density at radius 3 is 2.91 bits per heavy atom. The molecule has 0 saturated carbocycles. The molecule has 2 heterocycles. The van der Waals surface area contributed by atoms with Crippen LogP contribution >= 0.6 is 11.6 Å². The Morgan fingerprint density at radius 1 is 1.32 bits per heavy atom. The molecule has 4 N–H and O–H groups in total. The monoisotopic (exact) mass is 317 g/mol. The van der Waals surface area contributed by atoms with Crippen LogP contribution in [0.15, 0.2) is 24.3 Å². The molecule has 0 bridgehead atoms. The maximum absolute atomic E-state index is 11.4. The van der Waals surface area contributed by atoms with E-state index in [2.05, 4.69) is 26.7 Å². The molecule has 1 amide bonds. The fraction of sp³-hybridized carbons (Fsp3) is 0.267. The van der Waals surface area contributed by atoms with Crippen molar-refractivity contribution >= 4 is 35.0 Å². The van der Waals surface area contributed by atoms with Gasteiger partial charge in [-0.2, -0.15) is 4.98 Å². The minimum Gasteiger partial charge on any atom is -0.368 e. The molecule has 7 heteroatoms. The smallest absolute Gasteiger partial charge is 0.224 e. The van der Waals surface area contributed by atoms with Gasteiger partial charge in [-0.25, -0.2) is 4.98 Å². The topological polar surface area (TPSA) is 92.9 Å². The first-order valence-electron chi connectivity index (χ1n) is 7.00. The Kier molecular flexibility index (Phi) is 3.85. The number of rotatable bonds is 3. The number of hydrogen-bond acceptors (Lipinski definition) is 5. The number of amides is 1. The summed E-state index contributed by atoms with van der Waals surface area (Å²) in [4.78, 5) is 19.3. The molecule has 0 fully saturated rings. The highest BCUT2D eigenvalue weighted by Gasteiger charge is 2.16. The van der Waals surface area contributed by atoms with Crippen molar-refractivity contribution in [2.24, 2.45) is 0 Å². The fourth-order valence-corrected chi connectivity index (χ4v) is 2.68. The van der Waals surface area contributed by atoms with E-state index in [1.807, 2.05) is 19.1 Å². The average molecular weight is 318 g/mol. The van der Waals surface area contributed by atoms with Crippen LogP contribution in [0.5, 0.6) is 0 Å². The van der Waals surface area contributed by atoms with Gasteiger partial charge in [0.15, 0.2) is 0 Å². The number of benzene rings is 1. The number of aromatic nitrogens is 2. The largest absolute Gasteiger partial charge is 0.368 e. The third-order valence-corrected chi connectivity index (χ3v) is 3.79. The van der Waals surface area contributed by atoms with Gasteiger partial charge in [-0.15, -0.1) is 0 Å². The molecule has 0 unspecified atom stereocenters. The molecule has 6 nitrogen and oxygen atoms in total. The van der Waals surface area contributed by atoms with Crippen molar-refractivity contribution in [1.82, 2.24) is 9.97 Å². The molecule has 0 saturated heterocycles. The molecule has 1 aliphatic rings. The highest BCUT2D eigenvalue weighted by Crippen LogP contribution is 2.27. The van der Waals surface area contributed by atoms with Crippen molar-refractivity contribution < 1.29 is 4.79 Å². The Bertz CT molecular complexity index is 714. The number of fused-ring (bicyclic) bond motifs is 1. The molecule has 1 aromatic heterocycles. The Balaban J connectivity index is 1.80. The lowest BCUT2D eigenvalue weighted by Gasteiger charge is -2.20. The van der Waals surface area contributed by atoms with Crippen LogP contribution in [-0.4, -0.2) is 15.9 Å². The number of anilines is 3. The summed E-state index contributed by atoms with van der Waals surface area (Å²) in [7, 11) is 0. The van der Waals surface area contributed by atoms with E-state index in [0.29, 0.717) is 17.4 Å². The lowest BCUT2D eigenvalue weighted by Crippen LogP contribution is -2.19. The molecule has 0 aliphatic carbocycles. The number of nitrogens with zero attached hydrogens (tertiary/aromatic N) is 2. The van der Waals surface area contributed by atoms with Gasteiger partial charge in [0, 0.05) is 24.2 Å². The number of carbonyl (C=O) groups is 1. The van der Waals surface area contributed by atoms with E-state index in [4.69, 9.17) is 17.3 Å². The molecule has 114 valence electrons. The van der Waals surface area contributed by atoms with Crippen LogP contribution in [0.1, 0.15) is 30.5 Å². The van der Waals surface area contributed by atoms with Gasteiger partial charge in [-0.1, -0.05) is 23.7 Å². The Hall–Kier alpha value is -2.34. The zero-order valence-electron chi connectivity index (χ0n) is 12.1. The quantitative estimate of drug-likeness (QED) is 0.757. The molecule has 1 aromatic carbocycles. The highest BCUT2D eigenvalue weighted by atomic mass is 35.5. The molecular weight excluding hydrogens is 302 g/mol. The highest BCUT2D eigenvalue weighted by molar-refractivity contribution is 6.29. The Morgan fingerprint density at radius 2 is 2.14 bits per heavy atom. The number of nitrogens with one attached hydrogen (secondary N) is 2. The minimum atomic E-state index is 0.0216. The molecule has 0 radical (unpaired) electrons. The SMILES string of the molecule is C[C@@H](Nc1cc(Cl)nc(N)n1)c1ccc2c(c1)CCC(=O)N2. The van der Waals surface area contributed by atoms with Crippen molar-refractivity contribution in [3.05, 3.63) is 40.5 Å². The van der Waals surface area contributed by atoms with E-state index in [1.165, 1.54) is 0 Å². The number of carbonyl (C=O) groups excluding carboxylic acids is 1. The lowest BCUT2D eigenvalue weighted by atomic mass is 9.98. The minimum absolute atomic E-state index is 0.0216. The summed E-state index contributed by atoms with van der Waals surface area (Å²) in [5.41, 5.74) is 8.73. The van der Waals surface area contributed by atoms with E-state index >= 15 is 0 Å². The van der Waals surface area contributed by atoms with Crippen LogP contribution in [0.4, 0.5) is 17.5 Å². The molecule has 1 aliphatic heterocycles. The maximum Gasteiger partial charge on any atom is 0.224 e. The number of nitrogen functional groups attached to an aromatic ring is 1. The molecular formula is C15H16ClN5O. The molecule has 3 rings (SSSR count). The van der Waals surface area contributed by atoms with Gasteiger partial charge < -0.3 is 16.4 Å². The van der Waals surface area contributed by atoms with Gasteiger partial charge in [0.05, 0.1) is 0 Å². The third-order valence-electron chi connectivity index (χ3n) is 3.60. The summed E-state index contributed by atoms with van der Waals surface area (Å²) in [5, 5.41) is 6.43. The van der Waals surface area contributed by atoms with Gasteiger partial charge in [0.1, 0.15) is 11.0 Å². The summed E-state index contributed by atoms with van der Waals surface area (Å²) in [6, 6.07) is 7.66. The molecule has 2 aromatic rings. The molecule has 0 spiro atoms. The van der Waals surface area contributed by atoms with E-state index < -0.39 is 0 Å². The van der Waals surface area contributed by atoms with Gasteiger partial charge in [-0.3, -0.25) is 4.79 Å². The van der Waals surface area contributed by atoms with Crippen molar-refractivity contribution in [1.29, 1.82) is 0 Å². The number of aryl methyl sites for hydroxylation is 1. The second kappa shape index (κ2) is 5.81. The van der Waals surface area contributed by atoms with Crippen molar-refractivity contribution in [3.63, 3.8) is 0 Å². The predicted octanol–water partition coefficient (Wildman–Crippen LogP) is 2.77. The van der Waals surface area contributed by atoms with E-state index in [9.17, 15) is 4.79 Å². The van der Waals surface area contributed by atoms with E-state index in [0.717, 1.165) is 23.2 Å². The van der Waals surface area contributed by atoms with Crippen LogP contribution in [0.3, 0.4) is 0 Å². The first-order valence-corrected chi connectivity index (χ1v) is 7.38. The fourth-order valence-electron chi connectivity index (χ4n) is 2.49. The van der Waals surface area contributed by atoms with E-state index in [-0.39, 0.29) is 17.9 Å². The summed E-state index contributed by atoms with van der Waals surface area (Å²) in [6.45, 7) is 2.02. The van der Waals surface area contributed by atoms with Crippen LogP contribution in [0.25, 0.3) is 0 Å². The number of halogens is 1. The normalized spacial score (nSPS) is 14.9. The third kappa shape index (κ3) is 3.12. The Labute approximate surface area is 133 Å². The van der Waals surface area contributed by atoms with Gasteiger partial charge >= 0.3 is 0 Å². The van der Waals surface area contributed by atoms with Gasteiger partial charge in [0.25, 0.3) is 0 Å². The molecule has 1 atom stereocenters. The second-order valence-electron chi connectivity index (χ2n) is 5.26. The standard InChI is InChI=1S/C15H16ClN5O/c1-8(18-13-7-12(16)20-15(17)21-13)9-2-4-11-10(6-9)3-5-14(22)19-11/h2,4,6-8H,3,5H2,1H3,(H,19,22)(H3,17,18,20,21)/t8-/m1/s1. The summed E-state index contributed by atoms with van der Waals surface area (Å²) >= 11 is 5.88. The van der Waals surface area contributed by atoms with Crippen molar-refractivity contribution in [2.75, 3.05) is 16.4 Å². The number of nitrogens with two attached hydrogens (primary N) is 1. The zero-order valence-corrected chi connectivity index (χ0v) is 12.8. The zero-order chi connectivity index (χ0) is 15.7. The maximum atomic E-state index is 11.4. The lowest BCUT2D eigenvalue weighted by molar-refractivity contribution is -0.116. The first-order chi connectivity index (χ1) is 10.5. The second-order valence-corrected chi connectivity index (χ2v) is 5.65. The van der Waals surface area contributed by atoms with Gasteiger partial charge in [0.2, 0.25) is 11.9 Å². The predicted molar refractivity (Wildman–Crippen MR) is 86.9 cm³/mol. The van der Waals surface area contributed by atoms with Crippen LogP contribution in [0, 0.1) is 0 Å². The van der Waals surface area contributed by atoms with Gasteiger partial charge in [-0.05, 0) is 30.5 Å².